The summed E-state index contributed by atoms with van der Waals surface area (Å²) in [5.74, 6) is 1.90. The molecule has 5 rings (SSSR count). The van der Waals surface area contributed by atoms with E-state index in [0.717, 1.165) is 67.3 Å². The third-order valence-corrected chi connectivity index (χ3v) is 4.97. The van der Waals surface area contributed by atoms with Crippen LogP contribution < -0.4 is 10.1 Å². The van der Waals surface area contributed by atoms with Gasteiger partial charge in [-0.1, -0.05) is 0 Å². The number of nitrogens with one attached hydrogen (secondary N) is 1. The molecular formula is C19H21N7O. The molecular weight excluding hydrogens is 342 g/mol. The van der Waals surface area contributed by atoms with Crippen molar-refractivity contribution < 1.29 is 4.74 Å². The van der Waals surface area contributed by atoms with Gasteiger partial charge in [-0.05, 0) is 32.2 Å². The molecule has 2 fully saturated rings. The normalized spacial score (nSPS) is 18.9. The molecule has 0 radical (unpaired) electrons. The predicted octanol–water partition coefficient (Wildman–Crippen LogP) is 2.53. The molecule has 2 aliphatic rings. The van der Waals surface area contributed by atoms with Gasteiger partial charge in [-0.3, -0.25) is 4.98 Å². The average Bonchev–Trinajstić information content (AvgIpc) is 3.47. The zero-order valence-electron chi connectivity index (χ0n) is 15.2. The zero-order valence-corrected chi connectivity index (χ0v) is 15.2. The largest absolute Gasteiger partial charge is 0.495 e. The number of aliphatic imine (C=N–C) groups is 1. The molecule has 1 aliphatic carbocycles. The van der Waals surface area contributed by atoms with E-state index in [2.05, 4.69) is 25.3 Å². The maximum Gasteiger partial charge on any atom is 0.171 e. The van der Waals surface area contributed by atoms with Crippen molar-refractivity contribution in [3.63, 3.8) is 0 Å². The minimum absolute atomic E-state index is 0.474. The molecule has 0 bridgehead atoms. The molecule has 3 aromatic rings. The molecule has 4 heterocycles. The molecule has 0 spiro atoms. The second kappa shape index (κ2) is 6.70. The van der Waals surface area contributed by atoms with Crippen molar-refractivity contribution in [3.05, 3.63) is 30.4 Å². The zero-order chi connectivity index (χ0) is 18.2. The van der Waals surface area contributed by atoms with E-state index in [1.54, 1.807) is 25.7 Å². The van der Waals surface area contributed by atoms with Crippen LogP contribution in [0, 0.1) is 0 Å². The van der Waals surface area contributed by atoms with Gasteiger partial charge in [-0.15, -0.1) is 0 Å². The number of methoxy groups -OCH3 is 1. The molecule has 0 aromatic carbocycles. The van der Waals surface area contributed by atoms with Crippen LogP contribution in [0.3, 0.4) is 0 Å². The molecule has 0 atom stereocenters. The van der Waals surface area contributed by atoms with Gasteiger partial charge in [0, 0.05) is 24.2 Å². The van der Waals surface area contributed by atoms with Crippen LogP contribution in [0.2, 0.25) is 0 Å². The Bertz CT molecular complexity index is 1010. The quantitative estimate of drug-likeness (QED) is 0.766. The lowest BCUT2D eigenvalue weighted by atomic mass is 10.1. The van der Waals surface area contributed by atoms with E-state index in [-0.39, 0.29) is 0 Å². The Kier molecular flexibility index (Phi) is 4.05. The second-order valence-corrected chi connectivity index (χ2v) is 7.01. The minimum atomic E-state index is 0.474. The molecule has 0 unspecified atom stereocenters. The summed E-state index contributed by atoms with van der Waals surface area (Å²) in [7, 11) is 1.68. The molecule has 3 aromatic heterocycles. The van der Waals surface area contributed by atoms with E-state index in [0.29, 0.717) is 17.4 Å². The first-order chi connectivity index (χ1) is 13.3. The van der Waals surface area contributed by atoms with Crippen LogP contribution in [0.25, 0.3) is 17.0 Å². The highest BCUT2D eigenvalue weighted by molar-refractivity contribution is 5.89. The van der Waals surface area contributed by atoms with Crippen molar-refractivity contribution in [1.82, 2.24) is 29.9 Å². The highest BCUT2D eigenvalue weighted by Gasteiger charge is 2.29. The fourth-order valence-electron chi connectivity index (χ4n) is 3.42. The summed E-state index contributed by atoms with van der Waals surface area (Å²) in [6, 6.07) is 1.94. The van der Waals surface area contributed by atoms with Crippen LogP contribution in [0.5, 0.6) is 5.75 Å². The van der Waals surface area contributed by atoms with Gasteiger partial charge in [-0.25, -0.2) is 19.5 Å². The maximum atomic E-state index is 5.51. The van der Waals surface area contributed by atoms with Gasteiger partial charge in [-0.2, -0.15) is 5.10 Å². The summed E-state index contributed by atoms with van der Waals surface area (Å²) in [6.45, 7) is 1.86. The number of imidazole rings is 1. The van der Waals surface area contributed by atoms with Crippen molar-refractivity contribution in [2.75, 3.05) is 20.2 Å². The fraction of sp³-hybridized carbons (Fsp3) is 0.421. The van der Waals surface area contributed by atoms with E-state index in [9.17, 15) is 0 Å². The van der Waals surface area contributed by atoms with Crippen molar-refractivity contribution in [1.29, 1.82) is 0 Å². The Balaban J connectivity index is 1.55. The van der Waals surface area contributed by atoms with Gasteiger partial charge < -0.3 is 10.1 Å². The molecule has 1 aliphatic heterocycles. The van der Waals surface area contributed by atoms with Gasteiger partial charge in [0.2, 0.25) is 0 Å². The summed E-state index contributed by atoms with van der Waals surface area (Å²) in [6.07, 6.45) is 9.62. The van der Waals surface area contributed by atoms with Crippen LogP contribution >= 0.6 is 0 Å². The Morgan fingerprint density at radius 1 is 1.26 bits per heavy atom. The fourth-order valence-corrected chi connectivity index (χ4v) is 3.42. The van der Waals surface area contributed by atoms with Crippen LogP contribution in [-0.2, 0) is 0 Å². The Morgan fingerprint density at radius 3 is 2.96 bits per heavy atom. The number of fused-ring (bicyclic) bond motifs is 1. The molecule has 0 amide bonds. The molecule has 1 saturated heterocycles. The number of ether oxygens (including phenoxy) is 1. The number of hydrogen-bond donors (Lipinski definition) is 1. The average molecular weight is 363 g/mol. The third kappa shape index (κ3) is 3.16. The number of aromatic nitrogens is 5. The Hall–Kier alpha value is -2.87. The minimum Gasteiger partial charge on any atom is -0.495 e. The van der Waals surface area contributed by atoms with Gasteiger partial charge in [0.25, 0.3) is 0 Å². The van der Waals surface area contributed by atoms with Crippen molar-refractivity contribution >= 4 is 17.2 Å². The van der Waals surface area contributed by atoms with Gasteiger partial charge >= 0.3 is 0 Å². The number of hydrogen-bond acceptors (Lipinski definition) is 7. The lowest BCUT2D eigenvalue weighted by Crippen LogP contribution is -2.29. The van der Waals surface area contributed by atoms with Crippen molar-refractivity contribution in [2.45, 2.75) is 31.6 Å². The first kappa shape index (κ1) is 16.3. The number of nitrogens with zero attached hydrogens (tertiary/aromatic N) is 6. The molecule has 8 nitrogen and oxygen atoms in total. The standard InChI is InChI=1S/C19H21N7O/c1-27-16-7-18-22-10-15(26(18)25-19(16)12-4-5-12)14-9-21-11-17(24-14)23-13-3-2-6-20-8-13/h7,9-12,20H,2-6,8H2,1H3. The SMILES string of the molecule is COc1cc2ncc(-c3cncc(N=C4CCCNC4)n3)n2nc1C1CC1. The monoisotopic (exact) mass is 363 g/mol. The third-order valence-electron chi connectivity index (χ3n) is 4.97. The Labute approximate surface area is 156 Å². The van der Waals surface area contributed by atoms with Gasteiger partial charge in [0.05, 0.1) is 25.7 Å². The van der Waals surface area contributed by atoms with E-state index >= 15 is 0 Å². The lowest BCUT2D eigenvalue weighted by molar-refractivity contribution is 0.405. The van der Waals surface area contributed by atoms with Gasteiger partial charge in [0.15, 0.2) is 11.5 Å². The summed E-state index contributed by atoms with van der Waals surface area (Å²) >= 11 is 0. The molecule has 138 valence electrons. The van der Waals surface area contributed by atoms with Gasteiger partial charge in [0.1, 0.15) is 22.8 Å². The van der Waals surface area contributed by atoms with E-state index < -0.39 is 0 Å². The predicted molar refractivity (Wildman–Crippen MR) is 102 cm³/mol. The van der Waals surface area contributed by atoms with Crippen molar-refractivity contribution in [3.8, 4) is 17.1 Å². The summed E-state index contributed by atoms with van der Waals surface area (Å²) < 4.78 is 7.34. The summed E-state index contributed by atoms with van der Waals surface area (Å²) in [5, 5.41) is 8.15. The molecule has 27 heavy (non-hydrogen) atoms. The first-order valence-electron chi connectivity index (χ1n) is 9.34. The lowest BCUT2D eigenvalue weighted by Gasteiger charge is -2.13. The molecule has 8 heteroatoms. The van der Waals surface area contributed by atoms with E-state index in [1.807, 2.05) is 10.6 Å². The number of rotatable bonds is 4. The van der Waals surface area contributed by atoms with Crippen LogP contribution in [0.4, 0.5) is 5.82 Å². The molecule has 1 N–H and O–H groups in total. The van der Waals surface area contributed by atoms with E-state index in [4.69, 9.17) is 9.84 Å². The summed E-state index contributed by atoms with van der Waals surface area (Å²) in [5.41, 5.74) is 4.37. The topological polar surface area (TPSA) is 89.6 Å². The second-order valence-electron chi connectivity index (χ2n) is 7.01. The molecule has 1 saturated carbocycles. The summed E-state index contributed by atoms with van der Waals surface area (Å²) in [4.78, 5) is 18.2. The number of piperidine rings is 1. The highest BCUT2D eigenvalue weighted by atomic mass is 16.5. The van der Waals surface area contributed by atoms with Crippen LogP contribution in [0.15, 0.2) is 29.6 Å². The van der Waals surface area contributed by atoms with Crippen LogP contribution in [0.1, 0.15) is 37.3 Å². The van der Waals surface area contributed by atoms with E-state index in [1.165, 1.54) is 0 Å². The van der Waals surface area contributed by atoms with Crippen molar-refractivity contribution in [2.24, 2.45) is 4.99 Å². The first-order valence-corrected chi connectivity index (χ1v) is 9.34. The smallest absolute Gasteiger partial charge is 0.171 e. The maximum absolute atomic E-state index is 5.51. The Morgan fingerprint density at radius 2 is 2.19 bits per heavy atom. The van der Waals surface area contributed by atoms with Crippen LogP contribution in [-0.4, -0.2) is 50.5 Å². The highest BCUT2D eigenvalue weighted by Crippen LogP contribution is 2.43.